The van der Waals surface area contributed by atoms with Crippen LogP contribution in [0.1, 0.15) is 9.67 Å². The summed E-state index contributed by atoms with van der Waals surface area (Å²) in [5.74, 6) is -1.41. The topological polar surface area (TPSA) is 110 Å². The Hall–Kier alpha value is -3.30. The molecule has 1 aromatic carbocycles. The number of hydrogen-bond acceptors (Lipinski definition) is 6. The van der Waals surface area contributed by atoms with E-state index in [1.807, 2.05) is 0 Å². The first-order valence-corrected chi connectivity index (χ1v) is 8.85. The minimum absolute atomic E-state index is 0.272. The number of hydrogen-bond donors (Lipinski definition) is 2. The Morgan fingerprint density at radius 2 is 1.93 bits per heavy atom. The summed E-state index contributed by atoms with van der Waals surface area (Å²) in [4.78, 5) is 42.8. The Labute approximate surface area is 160 Å². The van der Waals surface area contributed by atoms with Crippen LogP contribution in [0.2, 0.25) is 4.34 Å². The normalized spacial score (nSPS) is 10.9. The van der Waals surface area contributed by atoms with Crippen molar-refractivity contribution in [2.45, 2.75) is 0 Å². The molecule has 27 heavy (non-hydrogen) atoms. The standard InChI is InChI=1S/C17H10ClN5O3S/c18-13-6-5-12(27-13)14(24)17(26)22-9-1-3-10(4-2-9)23-15-11(7-21-23)16(25)20-8-19-15/h1-8H,(H,22,26)(H,19,20,25). The predicted octanol–water partition coefficient (Wildman–Crippen LogP) is 2.65. The summed E-state index contributed by atoms with van der Waals surface area (Å²) in [6.45, 7) is 0. The van der Waals surface area contributed by atoms with E-state index in [0.717, 1.165) is 11.3 Å². The van der Waals surface area contributed by atoms with Crippen LogP contribution >= 0.6 is 22.9 Å². The maximum atomic E-state index is 12.1. The zero-order valence-electron chi connectivity index (χ0n) is 13.5. The number of nitrogens with zero attached hydrogens (tertiary/aromatic N) is 3. The van der Waals surface area contributed by atoms with Crippen LogP contribution < -0.4 is 10.9 Å². The Morgan fingerprint density at radius 1 is 1.15 bits per heavy atom. The van der Waals surface area contributed by atoms with Gasteiger partial charge in [-0.15, -0.1) is 11.3 Å². The fraction of sp³-hybridized carbons (Fsp3) is 0. The third kappa shape index (κ3) is 3.25. The van der Waals surface area contributed by atoms with Crippen LogP contribution in [-0.2, 0) is 4.79 Å². The second-order valence-electron chi connectivity index (χ2n) is 5.46. The number of carbonyl (C=O) groups excluding carboxylic acids is 2. The minimum atomic E-state index is -0.751. The highest BCUT2D eigenvalue weighted by molar-refractivity contribution is 7.18. The number of aromatic amines is 1. The predicted molar refractivity (Wildman–Crippen MR) is 102 cm³/mol. The van der Waals surface area contributed by atoms with Crippen molar-refractivity contribution in [3.8, 4) is 5.69 Å². The number of aromatic nitrogens is 4. The number of halogens is 1. The van der Waals surface area contributed by atoms with E-state index in [4.69, 9.17) is 11.6 Å². The second kappa shape index (κ2) is 6.78. The van der Waals surface area contributed by atoms with Gasteiger partial charge in [0.05, 0.1) is 27.4 Å². The van der Waals surface area contributed by atoms with Crippen LogP contribution in [0.25, 0.3) is 16.7 Å². The van der Waals surface area contributed by atoms with Crippen molar-refractivity contribution < 1.29 is 9.59 Å². The molecule has 2 N–H and O–H groups in total. The van der Waals surface area contributed by atoms with Gasteiger partial charge in [0, 0.05) is 5.69 Å². The number of ketones is 1. The third-order valence-corrected chi connectivity index (χ3v) is 4.97. The average molecular weight is 400 g/mol. The van der Waals surface area contributed by atoms with E-state index in [0.29, 0.717) is 26.7 Å². The highest BCUT2D eigenvalue weighted by Crippen LogP contribution is 2.22. The molecule has 10 heteroatoms. The maximum absolute atomic E-state index is 12.1. The molecular formula is C17H10ClN5O3S. The fourth-order valence-corrected chi connectivity index (χ4v) is 3.45. The monoisotopic (exact) mass is 399 g/mol. The molecule has 0 saturated heterocycles. The van der Waals surface area contributed by atoms with E-state index in [2.05, 4.69) is 20.4 Å². The number of thiophene rings is 1. The van der Waals surface area contributed by atoms with Gasteiger partial charge in [0.2, 0.25) is 0 Å². The molecule has 0 fully saturated rings. The van der Waals surface area contributed by atoms with Gasteiger partial charge in [-0.25, -0.2) is 9.67 Å². The molecule has 0 spiro atoms. The summed E-state index contributed by atoms with van der Waals surface area (Å²) in [6.07, 6.45) is 2.74. The number of carbonyl (C=O) groups is 2. The van der Waals surface area contributed by atoms with Crippen molar-refractivity contribution in [3.63, 3.8) is 0 Å². The van der Waals surface area contributed by atoms with E-state index in [9.17, 15) is 14.4 Å². The molecular weight excluding hydrogens is 390 g/mol. The van der Waals surface area contributed by atoms with Gasteiger partial charge in [0.1, 0.15) is 5.39 Å². The molecule has 0 aliphatic rings. The largest absolute Gasteiger partial charge is 0.319 e. The number of rotatable bonds is 4. The number of anilines is 1. The van der Waals surface area contributed by atoms with E-state index in [1.54, 1.807) is 30.3 Å². The van der Waals surface area contributed by atoms with E-state index < -0.39 is 11.7 Å². The molecule has 4 rings (SSSR count). The third-order valence-electron chi connectivity index (χ3n) is 3.74. The summed E-state index contributed by atoms with van der Waals surface area (Å²) in [7, 11) is 0. The SMILES string of the molecule is O=C(Nc1ccc(-n2ncc3c(=O)[nH]cnc32)cc1)C(=O)c1ccc(Cl)s1. The van der Waals surface area contributed by atoms with Gasteiger partial charge in [0.15, 0.2) is 5.65 Å². The van der Waals surface area contributed by atoms with E-state index in [-0.39, 0.29) is 10.4 Å². The molecule has 0 aliphatic carbocycles. The molecule has 0 unspecified atom stereocenters. The van der Waals surface area contributed by atoms with Crippen LogP contribution in [0.4, 0.5) is 5.69 Å². The Morgan fingerprint density at radius 3 is 2.63 bits per heavy atom. The lowest BCUT2D eigenvalue weighted by molar-refractivity contribution is -0.112. The van der Waals surface area contributed by atoms with Crippen LogP contribution in [0.5, 0.6) is 0 Å². The first-order chi connectivity index (χ1) is 13.0. The van der Waals surface area contributed by atoms with Crippen LogP contribution in [0.15, 0.2) is 53.7 Å². The highest BCUT2D eigenvalue weighted by Gasteiger charge is 2.18. The number of Topliss-reactive ketones (excluding diaryl/α,β-unsaturated/α-hetero) is 1. The van der Waals surface area contributed by atoms with Gasteiger partial charge in [-0.3, -0.25) is 14.4 Å². The Bertz CT molecular complexity index is 1230. The van der Waals surface area contributed by atoms with Gasteiger partial charge >= 0.3 is 0 Å². The van der Waals surface area contributed by atoms with Gasteiger partial charge in [-0.2, -0.15) is 5.10 Å². The average Bonchev–Trinajstić information content (AvgIpc) is 3.29. The highest BCUT2D eigenvalue weighted by atomic mass is 35.5. The number of amides is 1. The number of fused-ring (bicyclic) bond motifs is 1. The van der Waals surface area contributed by atoms with Gasteiger partial charge in [-0.1, -0.05) is 11.6 Å². The smallest absolute Gasteiger partial charge is 0.297 e. The van der Waals surface area contributed by atoms with Crippen molar-refractivity contribution >= 4 is 51.3 Å². The lowest BCUT2D eigenvalue weighted by Crippen LogP contribution is -2.22. The van der Waals surface area contributed by atoms with Crippen LogP contribution in [-0.4, -0.2) is 31.4 Å². The van der Waals surface area contributed by atoms with Crippen molar-refractivity contribution in [1.29, 1.82) is 0 Å². The molecule has 0 radical (unpaired) electrons. The van der Waals surface area contributed by atoms with Gasteiger partial charge < -0.3 is 10.3 Å². The van der Waals surface area contributed by atoms with Crippen molar-refractivity contribution in [2.24, 2.45) is 0 Å². The minimum Gasteiger partial charge on any atom is -0.319 e. The molecule has 8 nitrogen and oxygen atoms in total. The maximum Gasteiger partial charge on any atom is 0.297 e. The lowest BCUT2D eigenvalue weighted by Gasteiger charge is -2.06. The molecule has 0 bridgehead atoms. The van der Waals surface area contributed by atoms with E-state index in [1.165, 1.54) is 23.3 Å². The van der Waals surface area contributed by atoms with Crippen LogP contribution in [0.3, 0.4) is 0 Å². The summed E-state index contributed by atoms with van der Waals surface area (Å²) < 4.78 is 1.95. The summed E-state index contributed by atoms with van der Waals surface area (Å²) in [5.41, 5.74) is 1.24. The molecule has 3 aromatic heterocycles. The fourth-order valence-electron chi connectivity index (χ4n) is 2.47. The molecule has 3 heterocycles. The molecule has 0 atom stereocenters. The zero-order chi connectivity index (χ0) is 19.0. The van der Waals surface area contributed by atoms with Crippen molar-refractivity contribution in [2.75, 3.05) is 5.32 Å². The summed E-state index contributed by atoms with van der Waals surface area (Å²) >= 11 is 6.83. The first-order valence-electron chi connectivity index (χ1n) is 7.66. The summed E-state index contributed by atoms with van der Waals surface area (Å²) in [5, 5.41) is 7.08. The lowest BCUT2D eigenvalue weighted by atomic mass is 10.2. The second-order valence-corrected chi connectivity index (χ2v) is 7.17. The van der Waals surface area contributed by atoms with Crippen LogP contribution in [0, 0.1) is 0 Å². The zero-order valence-corrected chi connectivity index (χ0v) is 15.0. The number of benzene rings is 1. The Balaban J connectivity index is 1.55. The van der Waals surface area contributed by atoms with Gasteiger partial charge in [0.25, 0.3) is 17.2 Å². The number of nitrogens with one attached hydrogen (secondary N) is 2. The van der Waals surface area contributed by atoms with Crippen molar-refractivity contribution in [3.05, 3.63) is 68.5 Å². The number of H-pyrrole nitrogens is 1. The molecule has 1 amide bonds. The van der Waals surface area contributed by atoms with Gasteiger partial charge in [-0.05, 0) is 36.4 Å². The first kappa shape index (κ1) is 17.1. The quantitative estimate of drug-likeness (QED) is 0.405. The molecule has 0 saturated carbocycles. The summed E-state index contributed by atoms with van der Waals surface area (Å²) in [6, 6.07) is 9.71. The molecule has 4 aromatic rings. The molecule has 0 aliphatic heterocycles. The molecule has 134 valence electrons. The Kier molecular flexibility index (Phi) is 4.30. The van der Waals surface area contributed by atoms with Crippen molar-refractivity contribution in [1.82, 2.24) is 19.7 Å². The van der Waals surface area contributed by atoms with E-state index >= 15 is 0 Å².